The highest BCUT2D eigenvalue weighted by molar-refractivity contribution is 5.79. The maximum Gasteiger partial charge on any atom is 0.137 e. The Kier molecular flexibility index (Phi) is 3.47. The van der Waals surface area contributed by atoms with E-state index in [-0.39, 0.29) is 0 Å². The minimum atomic E-state index is 0.833. The molecule has 0 amide bonds. The van der Waals surface area contributed by atoms with E-state index >= 15 is 0 Å². The van der Waals surface area contributed by atoms with Crippen LogP contribution in [0.2, 0.25) is 0 Å². The van der Waals surface area contributed by atoms with Crippen LogP contribution in [0.25, 0.3) is 11.0 Å². The molecule has 1 heterocycles. The molecule has 0 bridgehead atoms. The highest BCUT2D eigenvalue weighted by Gasteiger charge is 2.04. The zero-order valence-corrected chi connectivity index (χ0v) is 9.75. The predicted molar refractivity (Wildman–Crippen MR) is 65.0 cm³/mol. The molecule has 86 valence electrons. The normalized spacial score (nSPS) is 10.9. The minimum Gasteiger partial charge on any atom is -0.497 e. The van der Waals surface area contributed by atoms with Gasteiger partial charge >= 0.3 is 0 Å². The Morgan fingerprint density at radius 2 is 2.19 bits per heavy atom. The van der Waals surface area contributed by atoms with Gasteiger partial charge in [0.25, 0.3) is 0 Å². The molecule has 3 nitrogen and oxygen atoms in total. The number of furan rings is 1. The number of fused-ring (bicyclic) bond motifs is 1. The fourth-order valence-electron chi connectivity index (χ4n) is 1.70. The van der Waals surface area contributed by atoms with Crippen LogP contribution in [0.4, 0.5) is 0 Å². The van der Waals surface area contributed by atoms with Crippen molar-refractivity contribution in [2.24, 2.45) is 0 Å². The number of ether oxygens (including phenoxy) is 1. The van der Waals surface area contributed by atoms with Crippen molar-refractivity contribution in [1.29, 1.82) is 0 Å². The lowest BCUT2D eigenvalue weighted by Gasteiger charge is -1.97. The van der Waals surface area contributed by atoms with Gasteiger partial charge in [0.15, 0.2) is 0 Å². The number of hydrogen-bond acceptors (Lipinski definition) is 3. The molecule has 0 fully saturated rings. The summed E-state index contributed by atoms with van der Waals surface area (Å²) >= 11 is 0. The predicted octanol–water partition coefficient (Wildman–Crippen LogP) is 2.59. The molecule has 0 saturated heterocycles. The average Bonchev–Trinajstić information content (AvgIpc) is 2.70. The quantitative estimate of drug-likeness (QED) is 0.785. The molecule has 1 N–H and O–H groups in total. The standard InChI is InChI=1S/C13H17NO2/c1-3-14-7-6-12-8-10-4-5-11(15-2)9-13(10)16-12/h4-5,8-9,14H,3,6-7H2,1-2H3. The number of nitrogens with one attached hydrogen (secondary N) is 1. The van der Waals surface area contributed by atoms with Crippen LogP contribution in [0.1, 0.15) is 12.7 Å². The molecule has 1 aromatic carbocycles. The number of methoxy groups -OCH3 is 1. The van der Waals surface area contributed by atoms with Crippen molar-refractivity contribution in [3.8, 4) is 5.75 Å². The van der Waals surface area contributed by atoms with Crippen LogP contribution in [-0.4, -0.2) is 20.2 Å². The smallest absolute Gasteiger partial charge is 0.137 e. The molecule has 0 saturated carbocycles. The Labute approximate surface area is 95.4 Å². The van der Waals surface area contributed by atoms with E-state index in [4.69, 9.17) is 9.15 Å². The van der Waals surface area contributed by atoms with Gasteiger partial charge in [-0.15, -0.1) is 0 Å². The van der Waals surface area contributed by atoms with Crippen molar-refractivity contribution >= 4 is 11.0 Å². The van der Waals surface area contributed by atoms with Crippen molar-refractivity contribution in [3.05, 3.63) is 30.0 Å². The second-order valence-corrected chi connectivity index (χ2v) is 3.72. The number of benzene rings is 1. The summed E-state index contributed by atoms with van der Waals surface area (Å²) in [6, 6.07) is 7.98. The Morgan fingerprint density at radius 1 is 1.31 bits per heavy atom. The third kappa shape index (κ3) is 2.36. The molecule has 2 rings (SSSR count). The lowest BCUT2D eigenvalue weighted by atomic mass is 10.2. The fraction of sp³-hybridized carbons (Fsp3) is 0.385. The first-order chi connectivity index (χ1) is 7.83. The summed E-state index contributed by atoms with van der Waals surface area (Å²) in [4.78, 5) is 0. The van der Waals surface area contributed by atoms with Gasteiger partial charge in [0, 0.05) is 24.4 Å². The maximum absolute atomic E-state index is 5.74. The average molecular weight is 219 g/mol. The van der Waals surface area contributed by atoms with E-state index in [1.54, 1.807) is 7.11 Å². The van der Waals surface area contributed by atoms with E-state index < -0.39 is 0 Å². The first-order valence-corrected chi connectivity index (χ1v) is 5.60. The SMILES string of the molecule is CCNCCc1cc2ccc(OC)cc2o1. The summed E-state index contributed by atoms with van der Waals surface area (Å²) in [5.74, 6) is 1.85. The maximum atomic E-state index is 5.74. The van der Waals surface area contributed by atoms with Crippen LogP contribution in [0.15, 0.2) is 28.7 Å². The van der Waals surface area contributed by atoms with E-state index in [9.17, 15) is 0 Å². The zero-order chi connectivity index (χ0) is 11.4. The molecule has 0 spiro atoms. The van der Waals surface area contributed by atoms with Crippen molar-refractivity contribution in [3.63, 3.8) is 0 Å². The number of likely N-dealkylation sites (N-methyl/N-ethyl adjacent to an activating group) is 1. The summed E-state index contributed by atoms with van der Waals surface area (Å²) in [7, 11) is 1.66. The molecule has 2 aromatic rings. The Hall–Kier alpha value is -1.48. The molecule has 0 aliphatic carbocycles. The van der Waals surface area contributed by atoms with Gasteiger partial charge in [0.1, 0.15) is 17.1 Å². The van der Waals surface area contributed by atoms with Crippen LogP contribution in [-0.2, 0) is 6.42 Å². The van der Waals surface area contributed by atoms with Gasteiger partial charge in [-0.1, -0.05) is 6.92 Å². The molecule has 0 aliphatic heterocycles. The van der Waals surface area contributed by atoms with E-state index in [1.807, 2.05) is 18.2 Å². The largest absolute Gasteiger partial charge is 0.497 e. The molecular formula is C13H17NO2. The summed E-state index contributed by atoms with van der Waals surface area (Å²) in [5, 5.41) is 4.41. The van der Waals surface area contributed by atoms with Crippen LogP contribution in [0, 0.1) is 0 Å². The van der Waals surface area contributed by atoms with Crippen LogP contribution in [0.5, 0.6) is 5.75 Å². The first kappa shape index (κ1) is 11.0. The minimum absolute atomic E-state index is 0.833. The molecule has 0 atom stereocenters. The van der Waals surface area contributed by atoms with Crippen molar-refractivity contribution in [2.45, 2.75) is 13.3 Å². The van der Waals surface area contributed by atoms with Gasteiger partial charge < -0.3 is 14.5 Å². The monoisotopic (exact) mass is 219 g/mol. The molecule has 3 heteroatoms. The zero-order valence-electron chi connectivity index (χ0n) is 9.75. The first-order valence-electron chi connectivity index (χ1n) is 5.60. The topological polar surface area (TPSA) is 34.4 Å². The van der Waals surface area contributed by atoms with Gasteiger partial charge in [-0.05, 0) is 24.7 Å². The highest BCUT2D eigenvalue weighted by atomic mass is 16.5. The van der Waals surface area contributed by atoms with Crippen molar-refractivity contribution in [1.82, 2.24) is 5.32 Å². The number of rotatable bonds is 5. The second kappa shape index (κ2) is 5.03. The lowest BCUT2D eigenvalue weighted by molar-refractivity contribution is 0.414. The van der Waals surface area contributed by atoms with Crippen LogP contribution < -0.4 is 10.1 Å². The molecule has 1 aromatic heterocycles. The molecule has 0 aliphatic rings. The van der Waals surface area contributed by atoms with Gasteiger partial charge in [-0.3, -0.25) is 0 Å². The lowest BCUT2D eigenvalue weighted by Crippen LogP contribution is -2.15. The van der Waals surface area contributed by atoms with Gasteiger partial charge in [-0.25, -0.2) is 0 Å². The molecule has 0 unspecified atom stereocenters. The van der Waals surface area contributed by atoms with Gasteiger partial charge in [-0.2, -0.15) is 0 Å². The number of hydrogen-bond donors (Lipinski definition) is 1. The summed E-state index contributed by atoms with van der Waals surface area (Å²) in [6.07, 6.45) is 0.921. The molecule has 0 radical (unpaired) electrons. The molecular weight excluding hydrogens is 202 g/mol. The van der Waals surface area contributed by atoms with Crippen LogP contribution in [0.3, 0.4) is 0 Å². The van der Waals surface area contributed by atoms with E-state index in [0.717, 1.165) is 42.0 Å². The van der Waals surface area contributed by atoms with Gasteiger partial charge in [0.05, 0.1) is 7.11 Å². The van der Waals surface area contributed by atoms with E-state index in [2.05, 4.69) is 18.3 Å². The summed E-state index contributed by atoms with van der Waals surface area (Å²) in [5.41, 5.74) is 0.894. The Morgan fingerprint density at radius 3 is 2.94 bits per heavy atom. The van der Waals surface area contributed by atoms with Crippen molar-refractivity contribution in [2.75, 3.05) is 20.2 Å². The van der Waals surface area contributed by atoms with Gasteiger partial charge in [0.2, 0.25) is 0 Å². The fourth-order valence-corrected chi connectivity index (χ4v) is 1.70. The highest BCUT2D eigenvalue weighted by Crippen LogP contribution is 2.24. The summed E-state index contributed by atoms with van der Waals surface area (Å²) < 4.78 is 10.9. The molecule has 16 heavy (non-hydrogen) atoms. The van der Waals surface area contributed by atoms with E-state index in [1.165, 1.54) is 0 Å². The third-order valence-electron chi connectivity index (χ3n) is 2.58. The second-order valence-electron chi connectivity index (χ2n) is 3.72. The Balaban J connectivity index is 2.16. The summed E-state index contributed by atoms with van der Waals surface area (Å²) in [6.45, 7) is 4.05. The van der Waals surface area contributed by atoms with Crippen molar-refractivity contribution < 1.29 is 9.15 Å². The van der Waals surface area contributed by atoms with E-state index in [0.29, 0.717) is 0 Å². The van der Waals surface area contributed by atoms with Crippen LogP contribution >= 0.6 is 0 Å². The Bertz CT molecular complexity index is 462. The third-order valence-corrected chi connectivity index (χ3v) is 2.58.